The number of hydrogen-bond donors (Lipinski definition) is 2. The molecule has 0 atom stereocenters. The number of amides is 2. The summed E-state index contributed by atoms with van der Waals surface area (Å²) >= 11 is 0. The highest BCUT2D eigenvalue weighted by Gasteiger charge is 2.10. The minimum Gasteiger partial charge on any atom is -0.434 e. The van der Waals surface area contributed by atoms with Crippen molar-refractivity contribution in [3.63, 3.8) is 0 Å². The number of benzene rings is 2. The molecule has 2 amide bonds. The second-order valence-electron chi connectivity index (χ2n) is 6.31. The van der Waals surface area contributed by atoms with Crippen LogP contribution in [0.25, 0.3) is 6.08 Å². The molecule has 0 bridgehead atoms. The summed E-state index contributed by atoms with van der Waals surface area (Å²) in [4.78, 5) is 24.3. The summed E-state index contributed by atoms with van der Waals surface area (Å²) in [6.07, 6.45) is 2.59. The van der Waals surface area contributed by atoms with Crippen molar-refractivity contribution in [2.75, 3.05) is 37.6 Å². The van der Waals surface area contributed by atoms with Gasteiger partial charge in [-0.05, 0) is 36.8 Å². The average Bonchev–Trinajstić information content (AvgIpc) is 2.73. The van der Waals surface area contributed by atoms with Crippen molar-refractivity contribution in [1.29, 1.82) is 0 Å². The van der Waals surface area contributed by atoms with Gasteiger partial charge in [-0.3, -0.25) is 9.59 Å². The van der Waals surface area contributed by atoms with Gasteiger partial charge in [-0.2, -0.15) is 8.78 Å². The maximum absolute atomic E-state index is 12.5. The van der Waals surface area contributed by atoms with Gasteiger partial charge in [0, 0.05) is 30.1 Å². The first kappa shape index (κ1) is 24.0. The van der Waals surface area contributed by atoms with Crippen molar-refractivity contribution in [1.82, 2.24) is 0 Å². The average molecular weight is 434 g/mol. The molecule has 0 aliphatic rings. The van der Waals surface area contributed by atoms with Crippen molar-refractivity contribution < 1.29 is 32.6 Å². The number of methoxy groups -OCH3 is 1. The Morgan fingerprint density at radius 1 is 1.03 bits per heavy atom. The van der Waals surface area contributed by atoms with E-state index < -0.39 is 12.5 Å². The molecule has 0 heterocycles. The Hall–Kier alpha value is -3.30. The van der Waals surface area contributed by atoms with Crippen LogP contribution in [0.2, 0.25) is 0 Å². The van der Waals surface area contributed by atoms with Crippen LogP contribution in [0.5, 0.6) is 5.75 Å². The van der Waals surface area contributed by atoms with Gasteiger partial charge in [0.15, 0.2) is 0 Å². The van der Waals surface area contributed by atoms with Gasteiger partial charge in [0.25, 0.3) is 0 Å². The van der Waals surface area contributed by atoms with Crippen molar-refractivity contribution >= 4 is 29.3 Å². The summed E-state index contributed by atoms with van der Waals surface area (Å²) in [5.41, 5.74) is 2.00. The number of nitrogens with one attached hydrogen (secondary N) is 2. The predicted molar refractivity (Wildman–Crippen MR) is 113 cm³/mol. The highest BCUT2D eigenvalue weighted by atomic mass is 19.3. The highest BCUT2D eigenvalue weighted by molar-refractivity contribution is 6.03. The molecule has 0 aromatic heterocycles. The lowest BCUT2D eigenvalue weighted by molar-refractivity contribution is -0.121. The van der Waals surface area contributed by atoms with E-state index in [-0.39, 0.29) is 18.3 Å². The van der Waals surface area contributed by atoms with Crippen molar-refractivity contribution in [2.24, 2.45) is 0 Å². The van der Waals surface area contributed by atoms with Crippen LogP contribution in [0.1, 0.15) is 11.1 Å². The number of carbonyl (C=O) groups excluding carboxylic acids is 2. The summed E-state index contributed by atoms with van der Waals surface area (Å²) in [5.74, 6) is -0.838. The summed E-state index contributed by atoms with van der Waals surface area (Å²) in [7, 11) is 1.54. The normalized spacial score (nSPS) is 11.0. The molecule has 0 fully saturated rings. The van der Waals surface area contributed by atoms with E-state index in [1.165, 1.54) is 25.3 Å². The van der Waals surface area contributed by atoms with Gasteiger partial charge >= 0.3 is 6.61 Å². The van der Waals surface area contributed by atoms with Crippen molar-refractivity contribution in [2.45, 2.75) is 13.5 Å². The molecule has 0 saturated heterocycles. The zero-order valence-electron chi connectivity index (χ0n) is 17.2. The third-order valence-corrected chi connectivity index (χ3v) is 4.08. The van der Waals surface area contributed by atoms with E-state index >= 15 is 0 Å². The molecule has 2 aromatic rings. The van der Waals surface area contributed by atoms with E-state index in [1.54, 1.807) is 43.3 Å². The fraction of sp³-hybridized carbons (Fsp3) is 0.273. The predicted octanol–water partition coefficient (Wildman–Crippen LogP) is 3.85. The lowest BCUT2D eigenvalue weighted by atomic mass is 10.1. The third-order valence-electron chi connectivity index (χ3n) is 4.08. The molecule has 0 radical (unpaired) electrons. The monoisotopic (exact) mass is 434 g/mol. The molecule has 0 aliphatic heterocycles. The summed E-state index contributed by atoms with van der Waals surface area (Å²) in [6.45, 7) is -0.652. The number of anilines is 2. The molecule has 7 nitrogen and oxygen atoms in total. The van der Waals surface area contributed by atoms with Crippen LogP contribution < -0.4 is 15.4 Å². The van der Waals surface area contributed by atoms with E-state index in [4.69, 9.17) is 9.47 Å². The van der Waals surface area contributed by atoms with Crippen LogP contribution >= 0.6 is 0 Å². The fourth-order valence-electron chi connectivity index (χ4n) is 2.56. The van der Waals surface area contributed by atoms with Gasteiger partial charge in [-0.1, -0.05) is 24.3 Å². The molecule has 2 aromatic carbocycles. The maximum atomic E-state index is 12.5. The molecular weight excluding hydrogens is 410 g/mol. The molecule has 9 heteroatoms. The first-order valence-corrected chi connectivity index (χ1v) is 9.39. The van der Waals surface area contributed by atoms with E-state index in [2.05, 4.69) is 15.4 Å². The van der Waals surface area contributed by atoms with Crippen LogP contribution in [-0.4, -0.2) is 45.4 Å². The van der Waals surface area contributed by atoms with Crippen LogP contribution in [0.4, 0.5) is 20.2 Å². The zero-order valence-corrected chi connectivity index (χ0v) is 17.2. The van der Waals surface area contributed by atoms with E-state index in [1.807, 2.05) is 0 Å². The number of rotatable bonds is 11. The third kappa shape index (κ3) is 8.15. The number of alkyl halides is 2. The molecule has 2 rings (SSSR count). The quantitative estimate of drug-likeness (QED) is 0.415. The van der Waals surface area contributed by atoms with E-state index in [0.717, 1.165) is 0 Å². The minimum absolute atomic E-state index is 0.0323. The Labute approximate surface area is 179 Å². The second-order valence-corrected chi connectivity index (χ2v) is 6.31. The number of carbonyl (C=O) groups is 2. The molecule has 0 unspecified atom stereocenters. The summed E-state index contributed by atoms with van der Waals surface area (Å²) in [6, 6.07) is 11.2. The Bertz CT molecular complexity index is 919. The molecular formula is C22H24F2N2O5. The van der Waals surface area contributed by atoms with Crippen LogP contribution in [-0.2, 0) is 19.1 Å². The zero-order chi connectivity index (χ0) is 22.6. The largest absolute Gasteiger partial charge is 0.434 e. The van der Waals surface area contributed by atoms with Crippen LogP contribution in [0.15, 0.2) is 48.5 Å². The number of ether oxygens (including phenoxy) is 3. The Morgan fingerprint density at radius 3 is 2.45 bits per heavy atom. The van der Waals surface area contributed by atoms with Crippen LogP contribution in [0, 0.1) is 6.92 Å². The molecule has 0 aliphatic carbocycles. The second kappa shape index (κ2) is 12.4. The Morgan fingerprint density at radius 2 is 1.74 bits per heavy atom. The van der Waals surface area contributed by atoms with Gasteiger partial charge in [-0.15, -0.1) is 0 Å². The molecule has 0 spiro atoms. The van der Waals surface area contributed by atoms with E-state index in [0.29, 0.717) is 35.7 Å². The summed E-state index contributed by atoms with van der Waals surface area (Å²) < 4.78 is 39.4. The molecule has 0 saturated carbocycles. The van der Waals surface area contributed by atoms with Gasteiger partial charge in [0.1, 0.15) is 12.4 Å². The van der Waals surface area contributed by atoms with Gasteiger partial charge in [0.05, 0.1) is 13.2 Å². The smallest absolute Gasteiger partial charge is 0.387 e. The minimum atomic E-state index is -2.96. The number of halogens is 2. The maximum Gasteiger partial charge on any atom is 0.387 e. The molecule has 31 heavy (non-hydrogen) atoms. The fourth-order valence-corrected chi connectivity index (χ4v) is 2.56. The first-order chi connectivity index (χ1) is 14.9. The van der Waals surface area contributed by atoms with E-state index in [9.17, 15) is 18.4 Å². The highest BCUT2D eigenvalue weighted by Crippen LogP contribution is 2.24. The van der Waals surface area contributed by atoms with Crippen LogP contribution in [0.3, 0.4) is 0 Å². The number of hydrogen-bond acceptors (Lipinski definition) is 5. The Balaban J connectivity index is 2.00. The lowest BCUT2D eigenvalue weighted by Crippen LogP contribution is -2.20. The Kier molecular flexibility index (Phi) is 9.60. The first-order valence-electron chi connectivity index (χ1n) is 9.39. The topological polar surface area (TPSA) is 85.9 Å². The molecule has 2 N–H and O–H groups in total. The standard InChI is InChI=1S/C22H24F2N2O5/c1-15-17(7-5-8-18(15)26-21(28)14-30-13-12-29-2)25-20(27)11-10-16-6-3-4-9-19(16)31-22(23)24/h3-11,22H,12-14H2,1-2H3,(H,25,27)(H,26,28). The van der Waals surface area contributed by atoms with Gasteiger partial charge < -0.3 is 24.8 Å². The number of para-hydroxylation sites is 1. The lowest BCUT2D eigenvalue weighted by Gasteiger charge is -2.13. The van der Waals surface area contributed by atoms with Crippen molar-refractivity contribution in [3.8, 4) is 5.75 Å². The van der Waals surface area contributed by atoms with Gasteiger partial charge in [0.2, 0.25) is 11.8 Å². The summed E-state index contributed by atoms with van der Waals surface area (Å²) in [5, 5.41) is 5.42. The molecule has 166 valence electrons. The van der Waals surface area contributed by atoms with Crippen molar-refractivity contribution in [3.05, 3.63) is 59.7 Å². The SMILES string of the molecule is COCCOCC(=O)Nc1cccc(NC(=O)C=Cc2ccccc2OC(F)F)c1C. The van der Waals surface area contributed by atoms with Gasteiger partial charge in [-0.25, -0.2) is 0 Å².